The number of carbonyl (C=O) groups is 1. The van der Waals surface area contributed by atoms with Crippen LogP contribution in [0.1, 0.15) is 10.4 Å². The SMILES string of the molecule is COC(=O)c1c[nH]c2nc(F)ccc2c1=O. The van der Waals surface area contributed by atoms with E-state index in [1.54, 1.807) is 0 Å². The molecule has 0 aliphatic carbocycles. The van der Waals surface area contributed by atoms with Gasteiger partial charge in [0.05, 0.1) is 12.5 Å². The van der Waals surface area contributed by atoms with Crippen LogP contribution >= 0.6 is 0 Å². The molecule has 0 aliphatic rings. The number of hydrogen-bond acceptors (Lipinski definition) is 4. The highest BCUT2D eigenvalue weighted by Gasteiger charge is 2.13. The van der Waals surface area contributed by atoms with Gasteiger partial charge in [0, 0.05) is 6.20 Å². The number of aromatic amines is 1. The van der Waals surface area contributed by atoms with Crippen LogP contribution in [0, 0.1) is 5.95 Å². The molecule has 2 aromatic heterocycles. The Labute approximate surface area is 88.9 Å². The summed E-state index contributed by atoms with van der Waals surface area (Å²) in [4.78, 5) is 29.0. The number of rotatable bonds is 1. The van der Waals surface area contributed by atoms with Crippen molar-refractivity contribution >= 4 is 17.0 Å². The van der Waals surface area contributed by atoms with Crippen molar-refractivity contribution in [2.24, 2.45) is 0 Å². The maximum absolute atomic E-state index is 12.8. The molecular weight excluding hydrogens is 215 g/mol. The van der Waals surface area contributed by atoms with Crippen molar-refractivity contribution in [3.05, 3.63) is 40.1 Å². The second-order valence-corrected chi connectivity index (χ2v) is 3.05. The van der Waals surface area contributed by atoms with Gasteiger partial charge in [-0.05, 0) is 12.1 Å². The Balaban J connectivity index is 2.76. The van der Waals surface area contributed by atoms with E-state index in [1.165, 1.54) is 13.2 Å². The minimum Gasteiger partial charge on any atom is -0.465 e. The summed E-state index contributed by atoms with van der Waals surface area (Å²) in [6.07, 6.45) is 1.16. The molecule has 2 rings (SSSR count). The third kappa shape index (κ3) is 1.54. The maximum Gasteiger partial charge on any atom is 0.343 e. The molecule has 2 aromatic rings. The first-order valence-electron chi connectivity index (χ1n) is 4.39. The molecule has 0 saturated heterocycles. The summed E-state index contributed by atoms with van der Waals surface area (Å²) in [5.74, 6) is -1.44. The highest BCUT2D eigenvalue weighted by Crippen LogP contribution is 2.06. The van der Waals surface area contributed by atoms with Gasteiger partial charge in [0.1, 0.15) is 11.2 Å². The second kappa shape index (κ2) is 3.73. The van der Waals surface area contributed by atoms with E-state index in [0.29, 0.717) is 0 Å². The van der Waals surface area contributed by atoms with Crippen molar-refractivity contribution in [1.29, 1.82) is 0 Å². The topological polar surface area (TPSA) is 72.1 Å². The smallest absolute Gasteiger partial charge is 0.343 e. The fraction of sp³-hybridized carbons (Fsp3) is 0.100. The van der Waals surface area contributed by atoms with E-state index in [0.717, 1.165) is 12.3 Å². The summed E-state index contributed by atoms with van der Waals surface area (Å²) in [6, 6.07) is 2.32. The van der Waals surface area contributed by atoms with Crippen molar-refractivity contribution in [2.45, 2.75) is 0 Å². The molecule has 6 heteroatoms. The van der Waals surface area contributed by atoms with Gasteiger partial charge in [0.15, 0.2) is 0 Å². The van der Waals surface area contributed by atoms with Crippen LogP contribution in [0.4, 0.5) is 4.39 Å². The van der Waals surface area contributed by atoms with Crippen molar-refractivity contribution in [2.75, 3.05) is 7.11 Å². The Morgan fingerprint density at radius 1 is 1.50 bits per heavy atom. The molecule has 82 valence electrons. The molecule has 0 amide bonds. The summed E-state index contributed by atoms with van der Waals surface area (Å²) in [5, 5.41) is 0.143. The normalized spacial score (nSPS) is 10.4. The van der Waals surface area contributed by atoms with Crippen LogP contribution in [0.2, 0.25) is 0 Å². The van der Waals surface area contributed by atoms with Gasteiger partial charge in [-0.2, -0.15) is 4.39 Å². The van der Waals surface area contributed by atoms with E-state index in [4.69, 9.17) is 0 Å². The number of ether oxygens (including phenoxy) is 1. The minimum atomic E-state index is -0.743. The lowest BCUT2D eigenvalue weighted by molar-refractivity contribution is 0.0599. The zero-order valence-corrected chi connectivity index (χ0v) is 8.28. The first kappa shape index (κ1) is 10.3. The molecule has 0 radical (unpaired) electrons. The number of pyridine rings is 2. The predicted molar refractivity (Wildman–Crippen MR) is 53.7 cm³/mol. The summed E-state index contributed by atoms with van der Waals surface area (Å²) in [5.41, 5.74) is -0.575. The lowest BCUT2D eigenvalue weighted by Crippen LogP contribution is -2.17. The van der Waals surface area contributed by atoms with Gasteiger partial charge in [-0.3, -0.25) is 4.79 Å². The standard InChI is InChI=1S/C10H7FN2O3/c1-16-10(15)6-4-12-9-5(8(6)14)2-3-7(11)13-9/h2-4H,1H3,(H,12,13,14). The van der Waals surface area contributed by atoms with Crippen molar-refractivity contribution < 1.29 is 13.9 Å². The van der Waals surface area contributed by atoms with Gasteiger partial charge in [-0.25, -0.2) is 9.78 Å². The fourth-order valence-corrected chi connectivity index (χ4v) is 1.34. The summed E-state index contributed by atoms with van der Waals surface area (Å²) < 4.78 is 17.2. The van der Waals surface area contributed by atoms with Crippen molar-refractivity contribution in [1.82, 2.24) is 9.97 Å². The fourth-order valence-electron chi connectivity index (χ4n) is 1.34. The second-order valence-electron chi connectivity index (χ2n) is 3.05. The Hall–Kier alpha value is -2.24. The number of esters is 1. The third-order valence-electron chi connectivity index (χ3n) is 2.11. The van der Waals surface area contributed by atoms with E-state index in [9.17, 15) is 14.0 Å². The molecule has 0 bridgehead atoms. The first-order chi connectivity index (χ1) is 7.63. The lowest BCUT2D eigenvalue weighted by atomic mass is 10.2. The van der Waals surface area contributed by atoms with E-state index in [2.05, 4.69) is 14.7 Å². The average Bonchev–Trinajstić information content (AvgIpc) is 2.28. The van der Waals surface area contributed by atoms with Gasteiger partial charge in [0.2, 0.25) is 11.4 Å². The minimum absolute atomic E-state index is 0.0950. The molecule has 0 unspecified atom stereocenters. The number of nitrogens with zero attached hydrogens (tertiary/aromatic N) is 1. The molecule has 0 spiro atoms. The zero-order chi connectivity index (χ0) is 11.7. The van der Waals surface area contributed by atoms with E-state index in [1.807, 2.05) is 0 Å². The third-order valence-corrected chi connectivity index (χ3v) is 2.11. The van der Waals surface area contributed by atoms with Gasteiger partial charge in [-0.1, -0.05) is 0 Å². The van der Waals surface area contributed by atoms with E-state index >= 15 is 0 Å². The highest BCUT2D eigenvalue weighted by atomic mass is 19.1. The number of halogens is 1. The number of carbonyl (C=O) groups excluding carboxylic acids is 1. The van der Waals surface area contributed by atoms with E-state index < -0.39 is 17.3 Å². The lowest BCUT2D eigenvalue weighted by Gasteiger charge is -2.00. The molecule has 2 heterocycles. The van der Waals surface area contributed by atoms with Gasteiger partial charge < -0.3 is 9.72 Å². The number of nitrogens with one attached hydrogen (secondary N) is 1. The number of fused-ring (bicyclic) bond motifs is 1. The van der Waals surface area contributed by atoms with Gasteiger partial charge in [-0.15, -0.1) is 0 Å². The van der Waals surface area contributed by atoms with Crippen LogP contribution in [-0.4, -0.2) is 23.0 Å². The number of methoxy groups -OCH3 is 1. The number of H-pyrrole nitrogens is 1. The Morgan fingerprint density at radius 2 is 2.25 bits per heavy atom. The summed E-state index contributed by atoms with van der Waals surface area (Å²) in [7, 11) is 1.18. The van der Waals surface area contributed by atoms with Crippen LogP contribution < -0.4 is 5.43 Å². The highest BCUT2D eigenvalue weighted by molar-refractivity contribution is 5.92. The molecule has 0 aromatic carbocycles. The maximum atomic E-state index is 12.8. The monoisotopic (exact) mass is 222 g/mol. The molecule has 0 aliphatic heterocycles. The summed E-state index contributed by atoms with van der Waals surface area (Å²) >= 11 is 0. The van der Waals surface area contributed by atoms with Gasteiger partial charge in [0.25, 0.3) is 0 Å². The Kier molecular flexibility index (Phi) is 2.40. The Bertz CT molecular complexity index is 621. The summed E-state index contributed by atoms with van der Waals surface area (Å²) in [6.45, 7) is 0. The van der Waals surface area contributed by atoms with Crippen LogP contribution in [0.5, 0.6) is 0 Å². The molecule has 0 fully saturated rings. The predicted octanol–water partition coefficient (Wildman–Crippen LogP) is 0.849. The molecule has 0 saturated carbocycles. The van der Waals surface area contributed by atoms with E-state index in [-0.39, 0.29) is 16.6 Å². The van der Waals surface area contributed by atoms with Crippen LogP contribution in [0.15, 0.2) is 23.1 Å². The number of hydrogen-bond donors (Lipinski definition) is 1. The molecule has 0 atom stereocenters. The molecule has 5 nitrogen and oxygen atoms in total. The van der Waals surface area contributed by atoms with Crippen LogP contribution in [0.3, 0.4) is 0 Å². The number of aromatic nitrogens is 2. The largest absolute Gasteiger partial charge is 0.465 e. The molecule has 1 N–H and O–H groups in total. The van der Waals surface area contributed by atoms with Gasteiger partial charge >= 0.3 is 5.97 Å². The first-order valence-corrected chi connectivity index (χ1v) is 4.39. The van der Waals surface area contributed by atoms with Crippen molar-refractivity contribution in [3.63, 3.8) is 0 Å². The average molecular weight is 222 g/mol. The quantitative estimate of drug-likeness (QED) is 0.573. The van der Waals surface area contributed by atoms with Crippen LogP contribution in [-0.2, 0) is 4.74 Å². The van der Waals surface area contributed by atoms with Crippen LogP contribution in [0.25, 0.3) is 11.0 Å². The van der Waals surface area contributed by atoms with Crippen molar-refractivity contribution in [3.8, 4) is 0 Å². The zero-order valence-electron chi connectivity index (χ0n) is 8.28. The Morgan fingerprint density at radius 3 is 2.94 bits per heavy atom. The molecule has 16 heavy (non-hydrogen) atoms. The molecular formula is C10H7FN2O3.